The van der Waals surface area contributed by atoms with Gasteiger partial charge < -0.3 is 15.2 Å². The molecule has 3 N–H and O–H groups in total. The van der Waals surface area contributed by atoms with Crippen molar-refractivity contribution in [3.63, 3.8) is 0 Å². The van der Waals surface area contributed by atoms with Gasteiger partial charge in [-0.05, 0) is 29.1 Å². The lowest BCUT2D eigenvalue weighted by molar-refractivity contribution is 0.174. The fourth-order valence-electron chi connectivity index (χ4n) is 2.37. The van der Waals surface area contributed by atoms with Crippen molar-refractivity contribution in [2.45, 2.75) is 12.6 Å². The van der Waals surface area contributed by atoms with Crippen molar-refractivity contribution < 1.29 is 9.84 Å². The molecule has 0 saturated carbocycles. The number of methoxy groups -OCH3 is 1. The van der Waals surface area contributed by atoms with Crippen LogP contribution in [0.3, 0.4) is 0 Å². The molecule has 0 aliphatic rings. The monoisotopic (exact) mass is 329 g/mol. The Balaban J connectivity index is 1.56. The van der Waals surface area contributed by atoms with Crippen molar-refractivity contribution in [1.29, 1.82) is 0 Å². The van der Waals surface area contributed by atoms with Crippen molar-refractivity contribution in [3.05, 3.63) is 59.1 Å². The van der Waals surface area contributed by atoms with E-state index in [0.29, 0.717) is 13.1 Å². The largest absolute Gasteiger partial charge is 0.497 e. The first-order chi connectivity index (χ1) is 11.3. The maximum atomic E-state index is 10.2. The summed E-state index contributed by atoms with van der Waals surface area (Å²) in [5, 5.41) is 22.7. The number of nitrogens with one attached hydrogen (secondary N) is 2. The first-order valence-electron chi connectivity index (χ1n) is 7.37. The standard InChI is InChI=1S/C17H19N3O2S/c1-22-14-6-4-12(5-7-14)15(21)11-18-9-13-10-19-20-17(13)16-3-2-8-23-16/h2-8,10,15,18,21H,9,11H2,1H3,(H,19,20)/t15-/m1/s1. The summed E-state index contributed by atoms with van der Waals surface area (Å²) >= 11 is 1.67. The predicted octanol–water partition coefficient (Wildman–Crippen LogP) is 2.97. The molecule has 0 bridgehead atoms. The van der Waals surface area contributed by atoms with Gasteiger partial charge in [-0.25, -0.2) is 0 Å². The number of hydrogen-bond donors (Lipinski definition) is 3. The molecule has 3 rings (SSSR count). The molecule has 0 spiro atoms. The highest BCUT2D eigenvalue weighted by molar-refractivity contribution is 7.13. The smallest absolute Gasteiger partial charge is 0.118 e. The second kappa shape index (κ2) is 7.41. The van der Waals surface area contributed by atoms with Gasteiger partial charge in [-0.15, -0.1) is 11.3 Å². The van der Waals surface area contributed by atoms with Crippen LogP contribution in [0.15, 0.2) is 48.0 Å². The van der Waals surface area contributed by atoms with Crippen LogP contribution in [0, 0.1) is 0 Å². The van der Waals surface area contributed by atoms with Gasteiger partial charge >= 0.3 is 0 Å². The molecule has 0 radical (unpaired) electrons. The summed E-state index contributed by atoms with van der Waals surface area (Å²) in [6, 6.07) is 11.5. The molecule has 0 unspecified atom stereocenters. The van der Waals surface area contributed by atoms with Crippen LogP contribution < -0.4 is 10.1 Å². The average molecular weight is 329 g/mol. The Morgan fingerprint density at radius 1 is 1.30 bits per heavy atom. The number of aliphatic hydroxyl groups excluding tert-OH is 1. The van der Waals surface area contributed by atoms with Crippen LogP contribution in [0.1, 0.15) is 17.2 Å². The Hall–Kier alpha value is -2.15. The minimum absolute atomic E-state index is 0.474. The van der Waals surface area contributed by atoms with Crippen LogP contribution >= 0.6 is 11.3 Å². The fourth-order valence-corrected chi connectivity index (χ4v) is 3.12. The third-order valence-electron chi connectivity index (χ3n) is 3.64. The van der Waals surface area contributed by atoms with E-state index in [4.69, 9.17) is 4.74 Å². The molecule has 6 heteroatoms. The van der Waals surface area contributed by atoms with Crippen LogP contribution in [0.2, 0.25) is 0 Å². The average Bonchev–Trinajstić information content (AvgIpc) is 3.25. The number of nitrogens with zero attached hydrogens (tertiary/aromatic N) is 1. The quantitative estimate of drug-likeness (QED) is 0.623. The van der Waals surface area contributed by atoms with E-state index in [9.17, 15) is 5.11 Å². The van der Waals surface area contributed by atoms with Gasteiger partial charge in [0.2, 0.25) is 0 Å². The fraction of sp³-hybridized carbons (Fsp3) is 0.235. The minimum atomic E-state index is -0.557. The van der Waals surface area contributed by atoms with E-state index in [0.717, 1.165) is 27.4 Å². The number of H-pyrrole nitrogens is 1. The van der Waals surface area contributed by atoms with Crippen molar-refractivity contribution in [2.75, 3.05) is 13.7 Å². The highest BCUT2D eigenvalue weighted by Crippen LogP contribution is 2.25. The number of rotatable bonds is 7. The number of aliphatic hydroxyl groups is 1. The molecule has 0 fully saturated rings. The summed E-state index contributed by atoms with van der Waals surface area (Å²) in [5.74, 6) is 0.785. The van der Waals surface area contributed by atoms with Gasteiger partial charge in [-0.3, -0.25) is 5.10 Å². The summed E-state index contributed by atoms with van der Waals surface area (Å²) in [4.78, 5) is 1.16. The third-order valence-corrected chi connectivity index (χ3v) is 4.53. The van der Waals surface area contributed by atoms with E-state index in [1.165, 1.54) is 0 Å². The number of ether oxygens (including phenoxy) is 1. The molecule has 1 aromatic carbocycles. The van der Waals surface area contributed by atoms with Gasteiger partial charge in [0, 0.05) is 18.7 Å². The van der Waals surface area contributed by atoms with Crippen molar-refractivity contribution in [2.24, 2.45) is 0 Å². The van der Waals surface area contributed by atoms with Gasteiger partial charge in [0.05, 0.1) is 30.0 Å². The molecule has 5 nitrogen and oxygen atoms in total. The summed E-state index contributed by atoms with van der Waals surface area (Å²) in [7, 11) is 1.63. The molecule has 23 heavy (non-hydrogen) atoms. The topological polar surface area (TPSA) is 70.2 Å². The lowest BCUT2D eigenvalue weighted by Crippen LogP contribution is -2.21. The molecule has 2 aromatic heterocycles. The molecular formula is C17H19N3O2S. The first-order valence-corrected chi connectivity index (χ1v) is 8.24. The lowest BCUT2D eigenvalue weighted by atomic mass is 10.1. The lowest BCUT2D eigenvalue weighted by Gasteiger charge is -2.12. The van der Waals surface area contributed by atoms with Gasteiger partial charge in [0.25, 0.3) is 0 Å². The SMILES string of the molecule is COc1ccc([C@H](O)CNCc2cn[nH]c2-c2cccs2)cc1. The van der Waals surface area contributed by atoms with E-state index in [1.807, 2.05) is 41.9 Å². The predicted molar refractivity (Wildman–Crippen MR) is 91.6 cm³/mol. The molecule has 2 heterocycles. The Kier molecular flexibility index (Phi) is 5.07. The van der Waals surface area contributed by atoms with Crippen LogP contribution in [-0.4, -0.2) is 29.0 Å². The Morgan fingerprint density at radius 2 is 2.13 bits per heavy atom. The maximum absolute atomic E-state index is 10.2. The molecule has 1 atom stereocenters. The summed E-state index contributed by atoms with van der Waals surface area (Å²) < 4.78 is 5.12. The summed E-state index contributed by atoms with van der Waals surface area (Å²) in [6.07, 6.45) is 1.26. The molecular weight excluding hydrogens is 310 g/mol. The zero-order valence-electron chi connectivity index (χ0n) is 12.8. The van der Waals surface area contributed by atoms with Gasteiger partial charge in [0.15, 0.2) is 0 Å². The van der Waals surface area contributed by atoms with Gasteiger partial charge in [0.1, 0.15) is 5.75 Å². The van der Waals surface area contributed by atoms with Crippen molar-refractivity contribution in [1.82, 2.24) is 15.5 Å². The van der Waals surface area contributed by atoms with Crippen LogP contribution in [0.5, 0.6) is 5.75 Å². The highest BCUT2D eigenvalue weighted by Gasteiger charge is 2.10. The zero-order valence-corrected chi connectivity index (χ0v) is 13.6. The molecule has 0 saturated heterocycles. The number of thiophene rings is 1. The third kappa shape index (κ3) is 3.79. The second-order valence-corrected chi connectivity index (χ2v) is 6.12. The Labute approximate surface area is 139 Å². The van der Waals surface area contributed by atoms with E-state index in [1.54, 1.807) is 18.4 Å². The van der Waals surface area contributed by atoms with E-state index in [-0.39, 0.29) is 0 Å². The summed E-state index contributed by atoms with van der Waals surface area (Å²) in [5.41, 5.74) is 2.99. The van der Waals surface area contributed by atoms with E-state index >= 15 is 0 Å². The molecule has 3 aromatic rings. The Morgan fingerprint density at radius 3 is 2.83 bits per heavy atom. The van der Waals surface area contributed by atoms with Crippen molar-refractivity contribution >= 4 is 11.3 Å². The van der Waals surface area contributed by atoms with E-state index in [2.05, 4.69) is 21.6 Å². The molecule has 0 amide bonds. The van der Waals surface area contributed by atoms with Crippen molar-refractivity contribution in [3.8, 4) is 16.3 Å². The van der Waals surface area contributed by atoms with Crippen LogP contribution in [-0.2, 0) is 6.54 Å². The number of aromatic nitrogens is 2. The first kappa shape index (κ1) is 15.7. The maximum Gasteiger partial charge on any atom is 0.118 e. The highest BCUT2D eigenvalue weighted by atomic mass is 32.1. The number of aromatic amines is 1. The molecule has 0 aliphatic carbocycles. The number of benzene rings is 1. The zero-order chi connectivity index (χ0) is 16.1. The molecule has 120 valence electrons. The summed E-state index contributed by atoms with van der Waals surface area (Å²) in [6.45, 7) is 1.12. The van der Waals surface area contributed by atoms with Crippen LogP contribution in [0.25, 0.3) is 10.6 Å². The number of hydrogen-bond acceptors (Lipinski definition) is 5. The molecule has 0 aliphatic heterocycles. The van der Waals surface area contributed by atoms with Gasteiger partial charge in [-0.1, -0.05) is 18.2 Å². The van der Waals surface area contributed by atoms with Crippen LogP contribution in [0.4, 0.5) is 0 Å². The normalized spacial score (nSPS) is 12.3. The van der Waals surface area contributed by atoms with E-state index < -0.39 is 6.10 Å². The minimum Gasteiger partial charge on any atom is -0.497 e. The second-order valence-electron chi connectivity index (χ2n) is 5.17. The Bertz CT molecular complexity index is 723. The van der Waals surface area contributed by atoms with Gasteiger partial charge in [-0.2, -0.15) is 5.10 Å².